The number of rotatable bonds is 3. The van der Waals surface area contributed by atoms with Gasteiger partial charge in [-0.1, -0.05) is 12.8 Å². The number of hydrogen-bond acceptors (Lipinski definition) is 4. The lowest BCUT2D eigenvalue weighted by atomic mass is 9.87. The van der Waals surface area contributed by atoms with Gasteiger partial charge in [0.15, 0.2) is 0 Å². The van der Waals surface area contributed by atoms with E-state index >= 15 is 0 Å². The van der Waals surface area contributed by atoms with Crippen LogP contribution in [0, 0.1) is 5.92 Å². The molecular formula is C16H26N4O3. The molecule has 3 unspecified atom stereocenters. The van der Waals surface area contributed by atoms with Gasteiger partial charge in [0.1, 0.15) is 0 Å². The second-order valence-corrected chi connectivity index (χ2v) is 6.99. The van der Waals surface area contributed by atoms with Crippen LogP contribution in [0.25, 0.3) is 0 Å². The van der Waals surface area contributed by atoms with Gasteiger partial charge in [-0.05, 0) is 25.7 Å². The van der Waals surface area contributed by atoms with Crippen LogP contribution >= 0.6 is 0 Å². The molecule has 0 radical (unpaired) electrons. The largest absolute Gasteiger partial charge is 0.369 e. The molecule has 0 aromatic heterocycles. The maximum atomic E-state index is 12.4. The normalized spacial score (nSPS) is 32.1. The Morgan fingerprint density at radius 2 is 1.74 bits per heavy atom. The molecule has 4 N–H and O–H groups in total. The van der Waals surface area contributed by atoms with Gasteiger partial charge in [0.25, 0.3) is 0 Å². The Morgan fingerprint density at radius 3 is 2.39 bits per heavy atom. The van der Waals surface area contributed by atoms with Gasteiger partial charge in [0.05, 0.1) is 12.5 Å². The van der Waals surface area contributed by atoms with Crippen LogP contribution < -0.4 is 16.4 Å². The van der Waals surface area contributed by atoms with Gasteiger partial charge >= 0.3 is 0 Å². The van der Waals surface area contributed by atoms with Crippen LogP contribution in [0.1, 0.15) is 44.9 Å². The van der Waals surface area contributed by atoms with Crippen molar-refractivity contribution in [3.8, 4) is 0 Å². The zero-order valence-electron chi connectivity index (χ0n) is 13.4. The highest BCUT2D eigenvalue weighted by Gasteiger charge is 2.38. The Labute approximate surface area is 136 Å². The summed E-state index contributed by atoms with van der Waals surface area (Å²) in [7, 11) is 0. The van der Waals surface area contributed by atoms with Gasteiger partial charge in [0, 0.05) is 31.1 Å². The van der Waals surface area contributed by atoms with Crippen molar-refractivity contribution in [1.82, 2.24) is 15.5 Å². The smallest absolute Gasteiger partial charge is 0.237 e. The van der Waals surface area contributed by atoms with Crippen molar-refractivity contribution in [1.29, 1.82) is 0 Å². The first-order valence-electron chi connectivity index (χ1n) is 8.68. The Morgan fingerprint density at radius 1 is 1.09 bits per heavy atom. The van der Waals surface area contributed by atoms with Crippen molar-refractivity contribution in [3.05, 3.63) is 0 Å². The third-order valence-electron chi connectivity index (χ3n) is 5.45. The number of fused-ring (bicyclic) bond motifs is 1. The Kier molecular flexibility index (Phi) is 4.84. The number of carbonyl (C=O) groups is 3. The second kappa shape index (κ2) is 6.86. The molecule has 0 aromatic rings. The van der Waals surface area contributed by atoms with E-state index in [4.69, 9.17) is 5.73 Å². The summed E-state index contributed by atoms with van der Waals surface area (Å²) in [6.07, 6.45) is 5.83. The van der Waals surface area contributed by atoms with Crippen molar-refractivity contribution in [2.75, 3.05) is 13.1 Å². The first kappa shape index (κ1) is 16.2. The summed E-state index contributed by atoms with van der Waals surface area (Å²) in [6.45, 7) is 1.10. The molecule has 3 fully saturated rings. The number of hydrogen-bond donors (Lipinski definition) is 3. The highest BCUT2D eigenvalue weighted by Crippen LogP contribution is 2.23. The SMILES string of the molecule is NC(=O)C1CCN(C(=O)CC2NC3CCCCC3NC2=O)CC1. The highest BCUT2D eigenvalue weighted by atomic mass is 16.2. The maximum Gasteiger partial charge on any atom is 0.237 e. The van der Waals surface area contributed by atoms with Crippen LogP contribution in [0.2, 0.25) is 0 Å². The van der Waals surface area contributed by atoms with Crippen molar-refractivity contribution >= 4 is 17.7 Å². The zero-order valence-corrected chi connectivity index (χ0v) is 13.4. The van der Waals surface area contributed by atoms with Crippen molar-refractivity contribution in [2.24, 2.45) is 11.7 Å². The van der Waals surface area contributed by atoms with Gasteiger partial charge in [-0.2, -0.15) is 0 Å². The highest BCUT2D eigenvalue weighted by molar-refractivity contribution is 5.89. The molecule has 3 rings (SSSR count). The van der Waals surface area contributed by atoms with Crippen LogP contribution in [0.4, 0.5) is 0 Å². The minimum absolute atomic E-state index is 0.0187. The number of piperazine rings is 1. The number of primary amides is 1. The van der Waals surface area contributed by atoms with Gasteiger partial charge in [-0.25, -0.2) is 0 Å². The van der Waals surface area contributed by atoms with Crippen molar-refractivity contribution in [2.45, 2.75) is 63.1 Å². The molecule has 0 aromatic carbocycles. The predicted molar refractivity (Wildman–Crippen MR) is 84.2 cm³/mol. The third kappa shape index (κ3) is 3.65. The average molecular weight is 322 g/mol. The first-order valence-corrected chi connectivity index (χ1v) is 8.68. The van der Waals surface area contributed by atoms with Crippen LogP contribution in [0.15, 0.2) is 0 Å². The number of piperidine rings is 1. The third-order valence-corrected chi connectivity index (χ3v) is 5.45. The molecule has 1 aliphatic carbocycles. The average Bonchev–Trinajstić information content (AvgIpc) is 2.55. The maximum absolute atomic E-state index is 12.4. The fraction of sp³-hybridized carbons (Fsp3) is 0.812. The quantitative estimate of drug-likeness (QED) is 0.651. The molecule has 23 heavy (non-hydrogen) atoms. The number of nitrogens with zero attached hydrogens (tertiary/aromatic N) is 1. The van der Waals surface area contributed by atoms with Gasteiger partial charge in [0.2, 0.25) is 17.7 Å². The van der Waals surface area contributed by atoms with Crippen molar-refractivity contribution < 1.29 is 14.4 Å². The fourth-order valence-electron chi connectivity index (χ4n) is 3.99. The summed E-state index contributed by atoms with van der Waals surface area (Å²) in [5.74, 6) is -0.490. The Hall–Kier alpha value is -1.63. The summed E-state index contributed by atoms with van der Waals surface area (Å²) < 4.78 is 0. The molecule has 7 heteroatoms. The molecule has 0 spiro atoms. The Balaban J connectivity index is 1.51. The van der Waals surface area contributed by atoms with Crippen LogP contribution in [-0.2, 0) is 14.4 Å². The number of amides is 3. The molecule has 2 aliphatic heterocycles. The molecule has 3 atom stereocenters. The van der Waals surface area contributed by atoms with Gasteiger partial charge in [-0.3, -0.25) is 14.4 Å². The molecule has 3 aliphatic rings. The topological polar surface area (TPSA) is 105 Å². The number of nitrogens with two attached hydrogens (primary N) is 1. The number of carbonyl (C=O) groups excluding carboxylic acids is 3. The lowest BCUT2D eigenvalue weighted by molar-refractivity contribution is -0.138. The summed E-state index contributed by atoms with van der Waals surface area (Å²) in [5, 5.41) is 6.43. The zero-order chi connectivity index (χ0) is 16.4. The molecule has 3 amide bonds. The predicted octanol–water partition coefficient (Wildman–Crippen LogP) is -0.500. The monoisotopic (exact) mass is 322 g/mol. The number of likely N-dealkylation sites (tertiary alicyclic amines) is 1. The van der Waals surface area contributed by atoms with E-state index in [0.717, 1.165) is 19.3 Å². The summed E-state index contributed by atoms with van der Waals surface area (Å²) in [6, 6.07) is 0.0736. The molecular weight excluding hydrogens is 296 g/mol. The standard InChI is InChI=1S/C16H26N4O3/c17-15(22)10-5-7-20(8-6-10)14(21)9-13-16(23)19-12-4-2-1-3-11(12)18-13/h10-13,18H,1-9H2,(H2,17,22)(H,19,23). The van der Waals surface area contributed by atoms with Gasteiger partial charge in [-0.15, -0.1) is 0 Å². The fourth-order valence-corrected chi connectivity index (χ4v) is 3.99. The van der Waals surface area contributed by atoms with Crippen LogP contribution in [-0.4, -0.2) is 53.8 Å². The van der Waals surface area contributed by atoms with E-state index in [1.807, 2.05) is 0 Å². The van der Waals surface area contributed by atoms with Crippen LogP contribution in [0.5, 0.6) is 0 Å². The lowest BCUT2D eigenvalue weighted by Crippen LogP contribution is -2.65. The summed E-state index contributed by atoms with van der Waals surface area (Å²) in [4.78, 5) is 37.6. The summed E-state index contributed by atoms with van der Waals surface area (Å²) >= 11 is 0. The van der Waals surface area contributed by atoms with E-state index in [9.17, 15) is 14.4 Å². The first-order chi connectivity index (χ1) is 11.0. The minimum Gasteiger partial charge on any atom is -0.369 e. The van der Waals surface area contributed by atoms with E-state index in [1.54, 1.807) is 4.90 Å². The van der Waals surface area contributed by atoms with Crippen LogP contribution in [0.3, 0.4) is 0 Å². The molecule has 128 valence electrons. The van der Waals surface area contributed by atoms with E-state index in [1.165, 1.54) is 6.42 Å². The van der Waals surface area contributed by atoms with E-state index in [0.29, 0.717) is 32.0 Å². The van der Waals surface area contributed by atoms with E-state index in [2.05, 4.69) is 10.6 Å². The molecule has 2 saturated heterocycles. The Bertz CT molecular complexity index is 488. The van der Waals surface area contributed by atoms with Crippen molar-refractivity contribution in [3.63, 3.8) is 0 Å². The van der Waals surface area contributed by atoms with E-state index in [-0.39, 0.29) is 36.1 Å². The lowest BCUT2D eigenvalue weighted by Gasteiger charge is -2.41. The summed E-state index contributed by atoms with van der Waals surface area (Å²) in [5.41, 5.74) is 5.31. The van der Waals surface area contributed by atoms with E-state index < -0.39 is 6.04 Å². The minimum atomic E-state index is -0.435. The molecule has 7 nitrogen and oxygen atoms in total. The second-order valence-electron chi connectivity index (χ2n) is 6.99. The molecule has 2 heterocycles. The van der Waals surface area contributed by atoms with Gasteiger partial charge < -0.3 is 21.3 Å². The number of nitrogens with one attached hydrogen (secondary N) is 2. The molecule has 0 bridgehead atoms. The molecule has 1 saturated carbocycles.